The fourth-order valence-corrected chi connectivity index (χ4v) is 2.29. The topological polar surface area (TPSA) is 98.1 Å². The molecule has 3 rings (SSSR count). The van der Waals surface area contributed by atoms with Gasteiger partial charge in [0.15, 0.2) is 5.82 Å². The van der Waals surface area contributed by atoms with E-state index in [1.807, 2.05) is 0 Å². The number of hydrogen-bond acceptors (Lipinski definition) is 5. The molecule has 1 aromatic heterocycles. The normalized spacial score (nSPS) is 13.4. The number of nitrogens with zero attached hydrogens (tertiary/aromatic N) is 3. The van der Waals surface area contributed by atoms with Crippen LogP contribution in [-0.4, -0.2) is 33.9 Å². The molecule has 126 valence electrons. The number of rotatable bonds is 6. The van der Waals surface area contributed by atoms with Gasteiger partial charge in [0, 0.05) is 10.9 Å². The van der Waals surface area contributed by atoms with Crippen molar-refractivity contribution in [1.82, 2.24) is 15.0 Å². The Labute approximate surface area is 143 Å². The van der Waals surface area contributed by atoms with Crippen LogP contribution in [0.4, 0.5) is 11.5 Å². The van der Waals surface area contributed by atoms with Crippen LogP contribution in [0, 0.1) is 5.92 Å². The molecule has 1 aliphatic carbocycles. The molecule has 2 N–H and O–H groups in total. The van der Waals surface area contributed by atoms with Gasteiger partial charge in [-0.25, -0.2) is 4.68 Å². The molecule has 0 saturated heterocycles. The van der Waals surface area contributed by atoms with Gasteiger partial charge in [0.2, 0.25) is 11.8 Å². The number of halogens is 1. The lowest BCUT2D eigenvalue weighted by Crippen LogP contribution is -2.19. The number of methoxy groups -OCH3 is 1. The van der Waals surface area contributed by atoms with E-state index in [-0.39, 0.29) is 24.3 Å². The van der Waals surface area contributed by atoms with Gasteiger partial charge in [-0.2, -0.15) is 0 Å². The largest absolute Gasteiger partial charge is 0.495 e. The summed E-state index contributed by atoms with van der Waals surface area (Å²) in [7, 11) is 1.51. The molecule has 0 aliphatic heterocycles. The second-order valence-corrected chi connectivity index (χ2v) is 5.89. The zero-order chi connectivity index (χ0) is 17.1. The van der Waals surface area contributed by atoms with Crippen molar-refractivity contribution in [2.45, 2.75) is 19.4 Å². The molecule has 0 unspecified atom stereocenters. The fraction of sp³-hybridized carbons (Fsp3) is 0.333. The molecule has 1 fully saturated rings. The summed E-state index contributed by atoms with van der Waals surface area (Å²) in [4.78, 5) is 23.8. The van der Waals surface area contributed by atoms with Gasteiger partial charge in [0.25, 0.3) is 0 Å². The van der Waals surface area contributed by atoms with Crippen molar-refractivity contribution >= 4 is 34.9 Å². The quantitative estimate of drug-likeness (QED) is 0.830. The third-order valence-corrected chi connectivity index (χ3v) is 3.71. The van der Waals surface area contributed by atoms with Gasteiger partial charge in [0.1, 0.15) is 12.3 Å². The van der Waals surface area contributed by atoms with Crippen molar-refractivity contribution in [3.63, 3.8) is 0 Å². The summed E-state index contributed by atoms with van der Waals surface area (Å²) in [5, 5.41) is 13.5. The summed E-state index contributed by atoms with van der Waals surface area (Å²) in [5.74, 6) is 0.535. The lowest BCUT2D eigenvalue weighted by Gasteiger charge is -2.10. The van der Waals surface area contributed by atoms with Gasteiger partial charge in [-0.15, -0.1) is 5.10 Å². The van der Waals surface area contributed by atoms with E-state index in [2.05, 4.69) is 20.9 Å². The Bertz CT molecular complexity index is 772. The Morgan fingerprint density at radius 1 is 1.38 bits per heavy atom. The number of carbonyl (C=O) groups is 2. The Hall–Kier alpha value is -2.61. The number of anilines is 2. The Morgan fingerprint density at radius 2 is 2.17 bits per heavy atom. The van der Waals surface area contributed by atoms with Crippen LogP contribution in [-0.2, 0) is 16.1 Å². The molecule has 1 saturated carbocycles. The van der Waals surface area contributed by atoms with E-state index in [1.165, 1.54) is 18.0 Å². The molecule has 0 bridgehead atoms. The van der Waals surface area contributed by atoms with Gasteiger partial charge in [0.05, 0.1) is 19.0 Å². The van der Waals surface area contributed by atoms with E-state index in [9.17, 15) is 9.59 Å². The van der Waals surface area contributed by atoms with Crippen LogP contribution < -0.4 is 15.4 Å². The van der Waals surface area contributed by atoms with E-state index in [0.717, 1.165) is 12.8 Å². The molecular weight excluding hydrogens is 334 g/mol. The van der Waals surface area contributed by atoms with E-state index in [1.54, 1.807) is 18.2 Å². The number of benzene rings is 1. The first-order valence-electron chi connectivity index (χ1n) is 7.39. The molecule has 0 spiro atoms. The summed E-state index contributed by atoms with van der Waals surface area (Å²) in [6, 6.07) is 4.93. The maximum atomic E-state index is 12.1. The molecular formula is C15H16ClN5O3. The number of hydrogen-bond donors (Lipinski definition) is 2. The zero-order valence-electron chi connectivity index (χ0n) is 13.0. The first-order valence-corrected chi connectivity index (χ1v) is 7.77. The predicted octanol–water partition coefficient (Wildman–Crippen LogP) is 1.93. The summed E-state index contributed by atoms with van der Waals surface area (Å²) >= 11 is 5.93. The fourth-order valence-electron chi connectivity index (χ4n) is 2.12. The van der Waals surface area contributed by atoms with Gasteiger partial charge in [-0.05, 0) is 31.0 Å². The lowest BCUT2D eigenvalue weighted by atomic mass is 10.3. The van der Waals surface area contributed by atoms with Gasteiger partial charge < -0.3 is 15.4 Å². The molecule has 1 heterocycles. The first kappa shape index (κ1) is 16.3. The third kappa shape index (κ3) is 4.02. The summed E-state index contributed by atoms with van der Waals surface area (Å²) in [6.45, 7) is -0.0536. The molecule has 0 radical (unpaired) electrons. The second kappa shape index (κ2) is 6.88. The molecule has 0 atom stereocenters. The predicted molar refractivity (Wildman–Crippen MR) is 88.0 cm³/mol. The molecule has 1 aliphatic rings. The number of ether oxygens (including phenoxy) is 1. The van der Waals surface area contributed by atoms with Crippen LogP contribution in [0.3, 0.4) is 0 Å². The van der Waals surface area contributed by atoms with Crippen molar-refractivity contribution in [1.29, 1.82) is 0 Å². The molecule has 9 heteroatoms. The summed E-state index contributed by atoms with van der Waals surface area (Å²) in [6.07, 6.45) is 3.32. The number of amides is 2. The second-order valence-electron chi connectivity index (χ2n) is 5.46. The van der Waals surface area contributed by atoms with Crippen molar-refractivity contribution in [2.75, 3.05) is 17.7 Å². The molecule has 8 nitrogen and oxygen atoms in total. The highest BCUT2D eigenvalue weighted by atomic mass is 35.5. The van der Waals surface area contributed by atoms with Crippen LogP contribution in [0.1, 0.15) is 12.8 Å². The summed E-state index contributed by atoms with van der Waals surface area (Å²) < 4.78 is 6.51. The minimum absolute atomic E-state index is 0.0536. The van der Waals surface area contributed by atoms with Gasteiger partial charge in [-0.1, -0.05) is 16.8 Å². The zero-order valence-corrected chi connectivity index (χ0v) is 13.7. The Balaban J connectivity index is 1.60. The molecule has 1 aromatic carbocycles. The molecule has 2 amide bonds. The van der Waals surface area contributed by atoms with Gasteiger partial charge in [-0.3, -0.25) is 9.59 Å². The Kier molecular flexibility index (Phi) is 4.66. The number of aromatic nitrogens is 3. The highest BCUT2D eigenvalue weighted by molar-refractivity contribution is 6.31. The average molecular weight is 350 g/mol. The minimum atomic E-state index is -0.319. The minimum Gasteiger partial charge on any atom is -0.495 e. The highest BCUT2D eigenvalue weighted by Crippen LogP contribution is 2.30. The molecule has 2 aromatic rings. The van der Waals surface area contributed by atoms with Crippen LogP contribution in [0.5, 0.6) is 5.75 Å². The van der Waals surface area contributed by atoms with Crippen molar-refractivity contribution < 1.29 is 14.3 Å². The number of carbonyl (C=O) groups excluding carboxylic acids is 2. The van der Waals surface area contributed by atoms with E-state index >= 15 is 0 Å². The number of nitrogens with one attached hydrogen (secondary N) is 2. The van der Waals surface area contributed by atoms with Crippen LogP contribution in [0.2, 0.25) is 5.02 Å². The van der Waals surface area contributed by atoms with Gasteiger partial charge >= 0.3 is 0 Å². The highest BCUT2D eigenvalue weighted by Gasteiger charge is 2.30. The maximum Gasteiger partial charge on any atom is 0.246 e. The van der Waals surface area contributed by atoms with Crippen molar-refractivity contribution in [2.24, 2.45) is 5.92 Å². The smallest absolute Gasteiger partial charge is 0.246 e. The standard InChI is InChI=1S/C15H16ClN5O3/c1-24-12-5-4-10(16)6-11(12)17-14(22)8-21-7-13(19-20-21)18-15(23)9-2-3-9/h4-7,9H,2-3,8H2,1H3,(H,17,22)(H,18,23). The van der Waals surface area contributed by atoms with E-state index in [4.69, 9.17) is 16.3 Å². The maximum absolute atomic E-state index is 12.1. The van der Waals surface area contributed by atoms with Crippen molar-refractivity contribution in [3.05, 3.63) is 29.4 Å². The SMILES string of the molecule is COc1ccc(Cl)cc1NC(=O)Cn1cc(NC(=O)C2CC2)nn1. The van der Waals surface area contributed by atoms with Crippen LogP contribution >= 0.6 is 11.6 Å². The first-order chi connectivity index (χ1) is 11.5. The van der Waals surface area contributed by atoms with Crippen LogP contribution in [0.25, 0.3) is 0 Å². The Morgan fingerprint density at radius 3 is 2.88 bits per heavy atom. The van der Waals surface area contributed by atoms with E-state index in [0.29, 0.717) is 22.3 Å². The summed E-state index contributed by atoms with van der Waals surface area (Å²) in [5.41, 5.74) is 0.470. The van der Waals surface area contributed by atoms with Crippen LogP contribution in [0.15, 0.2) is 24.4 Å². The third-order valence-electron chi connectivity index (χ3n) is 3.48. The lowest BCUT2D eigenvalue weighted by molar-refractivity contribution is -0.117. The van der Waals surface area contributed by atoms with E-state index < -0.39 is 0 Å². The molecule has 24 heavy (non-hydrogen) atoms. The average Bonchev–Trinajstić information content (AvgIpc) is 3.30. The van der Waals surface area contributed by atoms with Crippen molar-refractivity contribution in [3.8, 4) is 5.75 Å². The monoisotopic (exact) mass is 349 g/mol.